The van der Waals surface area contributed by atoms with Crippen LogP contribution in [0.2, 0.25) is 0 Å². The Labute approximate surface area is 182 Å². The van der Waals surface area contributed by atoms with E-state index in [1.54, 1.807) is 24.3 Å². The molecule has 0 aliphatic carbocycles. The lowest BCUT2D eigenvalue weighted by Crippen LogP contribution is -2.54. The number of hydrogen-bond acceptors (Lipinski definition) is 5. The lowest BCUT2D eigenvalue weighted by Gasteiger charge is -2.25. The molecule has 1 rings (SSSR count). The van der Waals surface area contributed by atoms with Crippen LogP contribution in [0.1, 0.15) is 40.0 Å². The maximum absolute atomic E-state index is 12.9. The molecule has 10 heteroatoms. The monoisotopic (exact) mass is 434 g/mol. The molecule has 10 nitrogen and oxygen atoms in total. The zero-order chi connectivity index (χ0) is 23.4. The van der Waals surface area contributed by atoms with E-state index in [-0.39, 0.29) is 17.8 Å². The van der Waals surface area contributed by atoms with Gasteiger partial charge in [0.1, 0.15) is 12.1 Å². The standard InChI is InChI=1S/C21H34N6O4/c1-13(2)12-17(19(29)26-15-8-5-4-6-9-15)27-18(28)16(25-14(3)20(30)31)10-7-11-24-21(22)23/h4-6,8-9,13-14,16-17,25H,7,10-12H2,1-3H3,(H,26,29)(H,27,28)(H,30,31)(H4,22,23,24)/t14-,16+,17+/m1/s1. The van der Waals surface area contributed by atoms with Crippen LogP contribution in [-0.2, 0) is 14.4 Å². The Morgan fingerprint density at radius 3 is 2.23 bits per heavy atom. The molecule has 0 saturated heterocycles. The Kier molecular flexibility index (Phi) is 11.0. The van der Waals surface area contributed by atoms with Crippen molar-refractivity contribution in [3.63, 3.8) is 0 Å². The van der Waals surface area contributed by atoms with Crippen LogP contribution >= 0.6 is 0 Å². The van der Waals surface area contributed by atoms with Gasteiger partial charge in [0, 0.05) is 12.2 Å². The molecule has 0 fully saturated rings. The van der Waals surface area contributed by atoms with Gasteiger partial charge < -0.3 is 27.2 Å². The van der Waals surface area contributed by atoms with Crippen molar-refractivity contribution in [1.82, 2.24) is 10.6 Å². The number of rotatable bonds is 13. The number of carbonyl (C=O) groups is 3. The predicted octanol–water partition coefficient (Wildman–Crippen LogP) is 0.641. The van der Waals surface area contributed by atoms with Crippen LogP contribution in [0, 0.1) is 5.92 Å². The maximum Gasteiger partial charge on any atom is 0.320 e. The SMILES string of the molecule is CC(C)C[C@H](NC(=O)[C@H](CCCN=C(N)N)N[C@H](C)C(=O)O)C(=O)Nc1ccccc1. The van der Waals surface area contributed by atoms with Crippen molar-refractivity contribution >= 4 is 29.4 Å². The minimum atomic E-state index is -1.08. The first-order valence-electron chi connectivity index (χ1n) is 10.3. The summed E-state index contributed by atoms with van der Waals surface area (Å²) in [5.74, 6) is -1.77. The molecule has 0 bridgehead atoms. The van der Waals surface area contributed by atoms with Crippen LogP contribution < -0.4 is 27.4 Å². The second-order valence-corrected chi connectivity index (χ2v) is 7.77. The van der Waals surface area contributed by atoms with Gasteiger partial charge in [0.05, 0.1) is 6.04 Å². The van der Waals surface area contributed by atoms with Crippen LogP contribution in [0.5, 0.6) is 0 Å². The van der Waals surface area contributed by atoms with Gasteiger partial charge in [0.15, 0.2) is 5.96 Å². The minimum Gasteiger partial charge on any atom is -0.480 e. The zero-order valence-electron chi connectivity index (χ0n) is 18.3. The van der Waals surface area contributed by atoms with Gasteiger partial charge in [-0.25, -0.2) is 0 Å². The number of carboxylic acids is 1. The summed E-state index contributed by atoms with van der Waals surface area (Å²) in [6.45, 7) is 5.66. The summed E-state index contributed by atoms with van der Waals surface area (Å²) >= 11 is 0. The molecule has 0 unspecified atom stereocenters. The third-order valence-corrected chi connectivity index (χ3v) is 4.46. The van der Waals surface area contributed by atoms with E-state index >= 15 is 0 Å². The smallest absolute Gasteiger partial charge is 0.320 e. The molecule has 0 spiro atoms. The van der Waals surface area contributed by atoms with Gasteiger partial charge in [-0.15, -0.1) is 0 Å². The van der Waals surface area contributed by atoms with Crippen LogP contribution in [-0.4, -0.2) is 53.5 Å². The molecule has 0 heterocycles. The van der Waals surface area contributed by atoms with Gasteiger partial charge in [-0.1, -0.05) is 32.0 Å². The number of amides is 2. The van der Waals surface area contributed by atoms with E-state index in [9.17, 15) is 19.5 Å². The van der Waals surface area contributed by atoms with Gasteiger partial charge in [-0.2, -0.15) is 0 Å². The molecule has 2 amide bonds. The first-order valence-corrected chi connectivity index (χ1v) is 10.3. The third-order valence-electron chi connectivity index (χ3n) is 4.46. The van der Waals surface area contributed by atoms with Crippen LogP contribution in [0.15, 0.2) is 35.3 Å². The highest BCUT2D eigenvalue weighted by atomic mass is 16.4. The number of nitrogens with one attached hydrogen (secondary N) is 3. The second kappa shape index (κ2) is 13.2. The van der Waals surface area contributed by atoms with Crippen molar-refractivity contribution in [2.24, 2.45) is 22.4 Å². The number of para-hydroxylation sites is 1. The number of aliphatic imine (C=N–C) groups is 1. The van der Waals surface area contributed by atoms with E-state index in [1.165, 1.54) is 6.92 Å². The molecular formula is C21H34N6O4. The van der Waals surface area contributed by atoms with Crippen molar-refractivity contribution in [3.05, 3.63) is 30.3 Å². The highest BCUT2D eigenvalue weighted by Gasteiger charge is 2.28. The Bertz CT molecular complexity index is 749. The Morgan fingerprint density at radius 1 is 1.03 bits per heavy atom. The van der Waals surface area contributed by atoms with E-state index in [1.807, 2.05) is 19.9 Å². The van der Waals surface area contributed by atoms with Crippen molar-refractivity contribution in [3.8, 4) is 0 Å². The highest BCUT2D eigenvalue weighted by Crippen LogP contribution is 2.11. The van der Waals surface area contributed by atoms with Crippen molar-refractivity contribution in [2.45, 2.75) is 58.2 Å². The number of benzene rings is 1. The number of nitrogens with zero attached hydrogens (tertiary/aromatic N) is 1. The fraction of sp³-hybridized carbons (Fsp3) is 0.524. The normalized spacial score (nSPS) is 13.7. The first-order chi connectivity index (χ1) is 14.6. The van der Waals surface area contributed by atoms with E-state index < -0.39 is 30.0 Å². The number of guanidine groups is 1. The number of carbonyl (C=O) groups excluding carboxylic acids is 2. The molecule has 172 valence electrons. The van der Waals surface area contributed by atoms with Crippen LogP contribution in [0.4, 0.5) is 5.69 Å². The Morgan fingerprint density at radius 2 is 1.68 bits per heavy atom. The van der Waals surface area contributed by atoms with Gasteiger partial charge in [-0.3, -0.25) is 24.7 Å². The summed E-state index contributed by atoms with van der Waals surface area (Å²) in [7, 11) is 0. The van der Waals surface area contributed by atoms with Gasteiger partial charge in [0.2, 0.25) is 11.8 Å². The molecule has 1 aromatic carbocycles. The number of anilines is 1. The first kappa shape index (κ1) is 25.9. The molecule has 0 aromatic heterocycles. The van der Waals surface area contributed by atoms with Crippen molar-refractivity contribution in [2.75, 3.05) is 11.9 Å². The predicted molar refractivity (Wildman–Crippen MR) is 120 cm³/mol. The van der Waals surface area contributed by atoms with Crippen molar-refractivity contribution < 1.29 is 19.5 Å². The van der Waals surface area contributed by atoms with Crippen LogP contribution in [0.25, 0.3) is 0 Å². The number of hydrogen-bond donors (Lipinski definition) is 6. The molecule has 0 aliphatic heterocycles. The molecule has 8 N–H and O–H groups in total. The topological polar surface area (TPSA) is 172 Å². The average Bonchev–Trinajstić information content (AvgIpc) is 2.69. The quantitative estimate of drug-likeness (QED) is 0.150. The summed E-state index contributed by atoms with van der Waals surface area (Å²) in [6, 6.07) is 6.43. The fourth-order valence-electron chi connectivity index (χ4n) is 2.89. The number of aliphatic carboxylic acids is 1. The summed E-state index contributed by atoms with van der Waals surface area (Å²) in [6.07, 6.45) is 1.19. The summed E-state index contributed by atoms with van der Waals surface area (Å²) in [4.78, 5) is 40.9. The fourth-order valence-corrected chi connectivity index (χ4v) is 2.89. The van der Waals surface area contributed by atoms with E-state index in [2.05, 4.69) is 20.9 Å². The van der Waals surface area contributed by atoms with E-state index in [4.69, 9.17) is 11.5 Å². The molecule has 31 heavy (non-hydrogen) atoms. The lowest BCUT2D eigenvalue weighted by molar-refractivity contribution is -0.139. The largest absolute Gasteiger partial charge is 0.480 e. The number of nitrogens with two attached hydrogens (primary N) is 2. The molecule has 0 saturated carbocycles. The minimum absolute atomic E-state index is 0.0533. The maximum atomic E-state index is 12.9. The Hall–Kier alpha value is -3.14. The summed E-state index contributed by atoms with van der Waals surface area (Å²) in [5, 5.41) is 17.6. The Balaban J connectivity index is 2.88. The summed E-state index contributed by atoms with van der Waals surface area (Å²) in [5.41, 5.74) is 11.2. The highest BCUT2D eigenvalue weighted by molar-refractivity contribution is 5.97. The lowest BCUT2D eigenvalue weighted by atomic mass is 10.0. The van der Waals surface area contributed by atoms with E-state index in [0.29, 0.717) is 31.5 Å². The number of carboxylic acid groups (broad SMARTS) is 1. The van der Waals surface area contributed by atoms with Crippen LogP contribution in [0.3, 0.4) is 0 Å². The molecular weight excluding hydrogens is 400 g/mol. The second-order valence-electron chi connectivity index (χ2n) is 7.77. The third kappa shape index (κ3) is 10.4. The zero-order valence-corrected chi connectivity index (χ0v) is 18.3. The van der Waals surface area contributed by atoms with Gasteiger partial charge >= 0.3 is 5.97 Å². The van der Waals surface area contributed by atoms with Gasteiger partial charge in [0.25, 0.3) is 0 Å². The summed E-state index contributed by atoms with van der Waals surface area (Å²) < 4.78 is 0. The molecule has 0 radical (unpaired) electrons. The van der Waals surface area contributed by atoms with Gasteiger partial charge in [-0.05, 0) is 44.2 Å². The van der Waals surface area contributed by atoms with E-state index in [0.717, 1.165) is 0 Å². The average molecular weight is 435 g/mol. The molecule has 3 atom stereocenters. The van der Waals surface area contributed by atoms with Crippen molar-refractivity contribution in [1.29, 1.82) is 0 Å². The molecule has 0 aliphatic rings. The molecule has 1 aromatic rings.